The molecule has 2 rings (SSSR count). The van der Waals surface area contributed by atoms with Crippen molar-refractivity contribution in [2.24, 2.45) is 16.3 Å². The highest BCUT2D eigenvalue weighted by Crippen LogP contribution is 2.32. The molecule has 1 aliphatic rings. The molecule has 2 heterocycles. The van der Waals surface area contributed by atoms with Crippen molar-refractivity contribution in [2.75, 3.05) is 18.0 Å². The van der Waals surface area contributed by atoms with Gasteiger partial charge in [-0.25, -0.2) is 4.98 Å². The van der Waals surface area contributed by atoms with Gasteiger partial charge < -0.3 is 15.8 Å². The number of oxime groups is 1. The maximum absolute atomic E-state index is 8.99. The topological polar surface area (TPSA) is 74.7 Å². The summed E-state index contributed by atoms with van der Waals surface area (Å²) in [5.41, 5.74) is 7.92. The molecule has 0 radical (unpaired) electrons. The van der Waals surface area contributed by atoms with Crippen LogP contribution in [0.2, 0.25) is 0 Å². The summed E-state index contributed by atoms with van der Waals surface area (Å²) in [5.74, 6) is 0.965. The third-order valence-corrected chi connectivity index (χ3v) is 4.14. The fraction of sp³-hybridized carbons (Fsp3) is 0.600. The summed E-state index contributed by atoms with van der Waals surface area (Å²) in [5, 5.41) is 12.1. The number of pyridine rings is 1. The molecule has 0 unspecified atom stereocenters. The van der Waals surface area contributed by atoms with E-state index < -0.39 is 0 Å². The van der Waals surface area contributed by atoms with Crippen molar-refractivity contribution in [1.82, 2.24) is 4.98 Å². The van der Waals surface area contributed by atoms with Gasteiger partial charge in [-0.3, -0.25) is 0 Å². The highest BCUT2D eigenvalue weighted by Gasteiger charge is 2.25. The van der Waals surface area contributed by atoms with Gasteiger partial charge in [0.1, 0.15) is 5.82 Å². The molecule has 1 aliphatic heterocycles. The molecule has 3 N–H and O–H groups in total. The quantitative estimate of drug-likeness (QED) is 0.377. The summed E-state index contributed by atoms with van der Waals surface area (Å²) >= 11 is 0. The molecule has 1 aromatic heterocycles. The Bertz CT molecular complexity index is 511. The van der Waals surface area contributed by atoms with Gasteiger partial charge in [-0.15, -0.1) is 0 Å². The lowest BCUT2D eigenvalue weighted by Gasteiger charge is -2.26. The normalized spacial score (nSPS) is 19.8. The summed E-state index contributed by atoms with van der Waals surface area (Å²) in [7, 11) is 0. The first-order chi connectivity index (χ1) is 9.44. The molecule has 0 amide bonds. The maximum Gasteiger partial charge on any atom is 0.174 e. The summed E-state index contributed by atoms with van der Waals surface area (Å²) in [4.78, 5) is 6.73. The number of amidine groups is 1. The number of anilines is 1. The number of aromatic nitrogens is 1. The Kier molecular flexibility index (Phi) is 4.16. The Hall–Kier alpha value is -1.78. The highest BCUT2D eigenvalue weighted by molar-refractivity contribution is 6.02. The van der Waals surface area contributed by atoms with Crippen LogP contribution >= 0.6 is 0 Å². The van der Waals surface area contributed by atoms with Gasteiger partial charge in [0.25, 0.3) is 0 Å². The van der Waals surface area contributed by atoms with E-state index in [9.17, 15) is 0 Å². The second kappa shape index (κ2) is 5.69. The molecule has 110 valence electrons. The molecular formula is C15H24N4O. The van der Waals surface area contributed by atoms with Crippen molar-refractivity contribution >= 4 is 11.7 Å². The molecule has 5 nitrogen and oxygen atoms in total. The molecule has 5 heteroatoms. The van der Waals surface area contributed by atoms with Crippen LogP contribution < -0.4 is 10.6 Å². The van der Waals surface area contributed by atoms with E-state index in [0.717, 1.165) is 42.9 Å². The molecule has 0 saturated carbocycles. The van der Waals surface area contributed by atoms with Crippen LogP contribution in [0.1, 0.15) is 44.2 Å². The minimum Gasteiger partial charge on any atom is -0.409 e. The van der Waals surface area contributed by atoms with Crippen LogP contribution in [0, 0.1) is 12.3 Å². The van der Waals surface area contributed by atoms with Crippen LogP contribution in [0.25, 0.3) is 0 Å². The predicted molar refractivity (Wildman–Crippen MR) is 81.3 cm³/mol. The molecule has 0 bridgehead atoms. The average molecular weight is 276 g/mol. The van der Waals surface area contributed by atoms with Gasteiger partial charge in [0.05, 0.1) is 5.56 Å². The summed E-state index contributed by atoms with van der Waals surface area (Å²) in [6, 6.07) is 1.89. The third kappa shape index (κ3) is 3.03. The van der Waals surface area contributed by atoms with Crippen molar-refractivity contribution in [1.29, 1.82) is 0 Å². The van der Waals surface area contributed by atoms with Crippen molar-refractivity contribution < 1.29 is 5.21 Å². The third-order valence-electron chi connectivity index (χ3n) is 4.14. The lowest BCUT2D eigenvalue weighted by Crippen LogP contribution is -2.29. The van der Waals surface area contributed by atoms with Gasteiger partial charge in [0.15, 0.2) is 5.84 Å². The van der Waals surface area contributed by atoms with E-state index in [1.54, 1.807) is 6.20 Å². The minimum atomic E-state index is 0.133. The van der Waals surface area contributed by atoms with E-state index >= 15 is 0 Å². The molecule has 0 aromatic carbocycles. The molecule has 0 spiro atoms. The molecule has 20 heavy (non-hydrogen) atoms. The Morgan fingerprint density at radius 3 is 2.85 bits per heavy atom. The van der Waals surface area contributed by atoms with Crippen molar-refractivity contribution in [3.63, 3.8) is 0 Å². The minimum absolute atomic E-state index is 0.133. The van der Waals surface area contributed by atoms with E-state index in [-0.39, 0.29) is 5.84 Å². The van der Waals surface area contributed by atoms with Gasteiger partial charge in [-0.2, -0.15) is 0 Å². The fourth-order valence-corrected chi connectivity index (χ4v) is 2.78. The van der Waals surface area contributed by atoms with E-state index in [4.69, 9.17) is 10.9 Å². The zero-order valence-corrected chi connectivity index (χ0v) is 12.6. The number of rotatable bonds is 2. The highest BCUT2D eigenvalue weighted by atomic mass is 16.4. The maximum atomic E-state index is 8.99. The lowest BCUT2D eigenvalue weighted by molar-refractivity contribution is 0.318. The Labute approximate surface area is 120 Å². The number of nitrogens with two attached hydrogens (primary N) is 1. The van der Waals surface area contributed by atoms with Gasteiger partial charge >= 0.3 is 0 Å². The van der Waals surface area contributed by atoms with Crippen LogP contribution in [-0.4, -0.2) is 29.1 Å². The molecule has 1 fully saturated rings. The van der Waals surface area contributed by atoms with Crippen molar-refractivity contribution in [2.45, 2.75) is 40.0 Å². The van der Waals surface area contributed by atoms with Crippen LogP contribution in [0.15, 0.2) is 17.4 Å². The average Bonchev–Trinajstić information content (AvgIpc) is 2.58. The van der Waals surface area contributed by atoms with E-state index in [2.05, 4.69) is 28.9 Å². The zero-order chi connectivity index (χ0) is 14.8. The Morgan fingerprint density at radius 2 is 2.15 bits per heavy atom. The number of hydrogen-bond acceptors (Lipinski definition) is 4. The van der Waals surface area contributed by atoms with E-state index in [1.165, 1.54) is 6.42 Å². The van der Waals surface area contributed by atoms with Gasteiger partial charge in [-0.1, -0.05) is 19.0 Å². The Balaban J connectivity index is 2.35. The number of nitrogens with zero attached hydrogens (tertiary/aromatic N) is 3. The van der Waals surface area contributed by atoms with Crippen LogP contribution in [0.3, 0.4) is 0 Å². The molecule has 1 aromatic rings. The van der Waals surface area contributed by atoms with E-state index in [1.807, 2.05) is 13.0 Å². The fourth-order valence-electron chi connectivity index (χ4n) is 2.78. The largest absolute Gasteiger partial charge is 0.409 e. The SMILES string of the molecule is Cc1ccnc(N2CCCC(C)(C)CC2)c1/C(N)=N/O. The predicted octanol–water partition coefficient (Wildman–Crippen LogP) is 2.50. The summed E-state index contributed by atoms with van der Waals surface area (Å²) in [6.07, 6.45) is 5.26. The second-order valence-corrected chi connectivity index (χ2v) is 6.32. The van der Waals surface area contributed by atoms with Gasteiger partial charge in [0.2, 0.25) is 0 Å². The van der Waals surface area contributed by atoms with Crippen molar-refractivity contribution in [3.05, 3.63) is 23.4 Å². The molecule has 0 atom stereocenters. The van der Waals surface area contributed by atoms with E-state index in [0.29, 0.717) is 5.41 Å². The van der Waals surface area contributed by atoms with Crippen LogP contribution in [0.5, 0.6) is 0 Å². The summed E-state index contributed by atoms with van der Waals surface area (Å²) < 4.78 is 0. The zero-order valence-electron chi connectivity index (χ0n) is 12.6. The standard InChI is InChI=1S/C15H24N4O/c1-11-5-8-17-14(12(11)13(16)18-20)19-9-4-6-15(2,3)7-10-19/h5,8,20H,4,6-7,9-10H2,1-3H3,(H2,16,18). The first-order valence-electron chi connectivity index (χ1n) is 7.13. The number of hydrogen-bond donors (Lipinski definition) is 2. The van der Waals surface area contributed by atoms with Crippen LogP contribution in [0.4, 0.5) is 5.82 Å². The molecular weight excluding hydrogens is 252 g/mol. The summed E-state index contributed by atoms with van der Waals surface area (Å²) in [6.45, 7) is 8.50. The molecule has 0 aliphatic carbocycles. The monoisotopic (exact) mass is 276 g/mol. The molecule has 1 saturated heterocycles. The van der Waals surface area contributed by atoms with Crippen LogP contribution in [-0.2, 0) is 0 Å². The Morgan fingerprint density at radius 1 is 1.40 bits per heavy atom. The first-order valence-corrected chi connectivity index (χ1v) is 7.13. The van der Waals surface area contributed by atoms with Crippen molar-refractivity contribution in [3.8, 4) is 0 Å². The number of aryl methyl sites for hydroxylation is 1. The second-order valence-electron chi connectivity index (χ2n) is 6.32. The van der Waals surface area contributed by atoms with Gasteiger partial charge in [0, 0.05) is 19.3 Å². The first kappa shape index (κ1) is 14.6. The lowest BCUT2D eigenvalue weighted by atomic mass is 9.85. The smallest absolute Gasteiger partial charge is 0.174 e. The van der Waals surface area contributed by atoms with Gasteiger partial charge in [-0.05, 0) is 43.2 Å².